The van der Waals surface area contributed by atoms with E-state index in [9.17, 15) is 9.59 Å². The molecule has 0 aliphatic rings. The van der Waals surface area contributed by atoms with Crippen LogP contribution in [0.4, 0.5) is 0 Å². The molecular formula is C9H7ClN4O2S. The zero-order valence-corrected chi connectivity index (χ0v) is 10.2. The highest BCUT2D eigenvalue weighted by molar-refractivity contribution is 7.99. The fraction of sp³-hybridized carbons (Fsp3) is 0.111. The Morgan fingerprint density at radius 1 is 1.47 bits per heavy atom. The van der Waals surface area contributed by atoms with E-state index < -0.39 is 11.1 Å². The van der Waals surface area contributed by atoms with Crippen LogP contribution in [0.15, 0.2) is 38.0 Å². The van der Waals surface area contributed by atoms with Crippen LogP contribution in [0.1, 0.15) is 0 Å². The third-order valence-corrected chi connectivity index (χ3v) is 3.10. The van der Waals surface area contributed by atoms with Crippen LogP contribution >= 0.6 is 23.4 Å². The number of H-pyrrole nitrogens is 1. The van der Waals surface area contributed by atoms with Gasteiger partial charge in [0.05, 0.1) is 0 Å². The molecule has 0 atom stereocenters. The fourth-order valence-electron chi connectivity index (χ4n) is 1.11. The molecule has 6 nitrogen and oxygen atoms in total. The highest BCUT2D eigenvalue weighted by Crippen LogP contribution is 2.25. The molecule has 0 saturated carbocycles. The van der Waals surface area contributed by atoms with Gasteiger partial charge in [0.15, 0.2) is 5.16 Å². The predicted octanol–water partition coefficient (Wildman–Crippen LogP) is 0.668. The molecule has 2 aromatic heterocycles. The SMILES string of the molecule is Cn1[nH]c(=O)c(=O)nc1Sc1ccnc(Cl)c1. The quantitative estimate of drug-likeness (QED) is 0.641. The van der Waals surface area contributed by atoms with Crippen LogP contribution in [0.3, 0.4) is 0 Å². The number of nitrogens with zero attached hydrogens (tertiary/aromatic N) is 3. The van der Waals surface area contributed by atoms with Gasteiger partial charge in [-0.2, -0.15) is 4.98 Å². The van der Waals surface area contributed by atoms with Gasteiger partial charge in [-0.25, -0.2) is 4.98 Å². The second-order valence-corrected chi connectivity index (χ2v) is 4.54. The molecular weight excluding hydrogens is 264 g/mol. The molecule has 0 aliphatic heterocycles. The average molecular weight is 271 g/mol. The Balaban J connectivity index is 2.40. The van der Waals surface area contributed by atoms with Crippen molar-refractivity contribution in [3.63, 3.8) is 0 Å². The number of aryl methyl sites for hydroxylation is 1. The number of hydrogen-bond acceptors (Lipinski definition) is 5. The summed E-state index contributed by atoms with van der Waals surface area (Å²) in [5.41, 5.74) is -1.56. The van der Waals surface area contributed by atoms with Crippen LogP contribution in [0.5, 0.6) is 0 Å². The molecule has 2 aromatic rings. The topological polar surface area (TPSA) is 80.6 Å². The van der Waals surface area contributed by atoms with Gasteiger partial charge in [-0.05, 0) is 23.9 Å². The number of nitrogens with one attached hydrogen (secondary N) is 1. The molecule has 0 fully saturated rings. The standard InChI is InChI=1S/C9H7ClN4O2S/c1-14-9(12-7(15)8(16)13-14)17-5-2-3-11-6(10)4-5/h2-4H,1H3,(H,13,16). The Labute approximate surface area is 105 Å². The molecule has 17 heavy (non-hydrogen) atoms. The first kappa shape index (κ1) is 11.9. The van der Waals surface area contributed by atoms with E-state index in [1.807, 2.05) is 0 Å². The third kappa shape index (κ3) is 2.75. The minimum Gasteiger partial charge on any atom is -0.265 e. The lowest BCUT2D eigenvalue weighted by Crippen LogP contribution is -2.33. The highest BCUT2D eigenvalue weighted by Gasteiger charge is 2.06. The number of halogens is 1. The van der Waals surface area contributed by atoms with Crippen molar-refractivity contribution in [3.8, 4) is 0 Å². The summed E-state index contributed by atoms with van der Waals surface area (Å²) in [6.45, 7) is 0. The van der Waals surface area contributed by atoms with E-state index in [1.54, 1.807) is 25.4 Å². The summed E-state index contributed by atoms with van der Waals surface area (Å²) in [5.74, 6) is 0. The number of pyridine rings is 1. The average Bonchev–Trinajstić information content (AvgIpc) is 2.26. The van der Waals surface area contributed by atoms with E-state index in [0.29, 0.717) is 10.3 Å². The van der Waals surface area contributed by atoms with Gasteiger partial charge in [-0.3, -0.25) is 19.4 Å². The maximum absolute atomic E-state index is 11.1. The Hall–Kier alpha value is -1.60. The van der Waals surface area contributed by atoms with Gasteiger partial charge >= 0.3 is 11.1 Å². The lowest BCUT2D eigenvalue weighted by molar-refractivity contribution is 0.596. The summed E-state index contributed by atoms with van der Waals surface area (Å²) >= 11 is 6.94. The molecule has 0 aromatic carbocycles. The molecule has 1 N–H and O–H groups in total. The molecule has 0 unspecified atom stereocenters. The zero-order valence-electron chi connectivity index (χ0n) is 8.68. The molecule has 0 spiro atoms. The Kier molecular flexibility index (Phi) is 3.30. The molecule has 0 bridgehead atoms. The zero-order chi connectivity index (χ0) is 12.4. The first-order chi connectivity index (χ1) is 8.06. The normalized spacial score (nSPS) is 10.5. The number of rotatable bonds is 2. The first-order valence-electron chi connectivity index (χ1n) is 4.53. The second kappa shape index (κ2) is 4.72. The summed E-state index contributed by atoms with van der Waals surface area (Å²) in [6, 6.07) is 3.37. The van der Waals surface area contributed by atoms with Crippen molar-refractivity contribution in [1.29, 1.82) is 0 Å². The van der Waals surface area contributed by atoms with E-state index in [4.69, 9.17) is 11.6 Å². The van der Waals surface area contributed by atoms with E-state index in [2.05, 4.69) is 15.1 Å². The smallest absolute Gasteiger partial charge is 0.265 e. The predicted molar refractivity (Wildman–Crippen MR) is 63.5 cm³/mol. The van der Waals surface area contributed by atoms with Crippen molar-refractivity contribution in [2.45, 2.75) is 10.1 Å². The van der Waals surface area contributed by atoms with Crippen LogP contribution in [0, 0.1) is 0 Å². The van der Waals surface area contributed by atoms with Crippen molar-refractivity contribution in [3.05, 3.63) is 44.2 Å². The van der Waals surface area contributed by atoms with Crippen molar-refractivity contribution < 1.29 is 0 Å². The number of hydrogen-bond donors (Lipinski definition) is 1. The van der Waals surface area contributed by atoms with Crippen LogP contribution < -0.4 is 11.1 Å². The minimum atomic E-state index is -0.814. The van der Waals surface area contributed by atoms with Gasteiger partial charge in [-0.15, -0.1) is 0 Å². The lowest BCUT2D eigenvalue weighted by Gasteiger charge is -2.05. The Morgan fingerprint density at radius 3 is 2.94 bits per heavy atom. The second-order valence-electron chi connectivity index (χ2n) is 3.12. The van der Waals surface area contributed by atoms with E-state index in [1.165, 1.54) is 16.4 Å². The van der Waals surface area contributed by atoms with E-state index in [-0.39, 0.29) is 0 Å². The maximum Gasteiger partial charge on any atom is 0.339 e. The molecule has 0 radical (unpaired) electrons. The largest absolute Gasteiger partial charge is 0.339 e. The van der Waals surface area contributed by atoms with Crippen molar-refractivity contribution in [1.82, 2.24) is 19.7 Å². The third-order valence-electron chi connectivity index (χ3n) is 1.85. The molecule has 2 heterocycles. The van der Waals surface area contributed by atoms with Crippen LogP contribution in [-0.2, 0) is 7.05 Å². The summed E-state index contributed by atoms with van der Waals surface area (Å²) in [7, 11) is 1.60. The molecule has 0 saturated heterocycles. The summed E-state index contributed by atoms with van der Waals surface area (Å²) in [4.78, 5) is 30.4. The number of aromatic nitrogens is 4. The number of aromatic amines is 1. The first-order valence-corrected chi connectivity index (χ1v) is 5.72. The molecule has 0 aliphatic carbocycles. The van der Waals surface area contributed by atoms with Crippen molar-refractivity contribution >= 4 is 23.4 Å². The van der Waals surface area contributed by atoms with Crippen LogP contribution in [-0.4, -0.2) is 19.7 Å². The molecule has 0 amide bonds. The van der Waals surface area contributed by atoms with Gasteiger partial charge in [-0.1, -0.05) is 11.6 Å². The minimum absolute atomic E-state index is 0.351. The van der Waals surface area contributed by atoms with Crippen LogP contribution in [0.2, 0.25) is 5.15 Å². The summed E-state index contributed by atoms with van der Waals surface area (Å²) in [5, 5.41) is 3.08. The summed E-state index contributed by atoms with van der Waals surface area (Å²) in [6.07, 6.45) is 1.55. The van der Waals surface area contributed by atoms with Gasteiger partial charge in [0.2, 0.25) is 0 Å². The monoisotopic (exact) mass is 270 g/mol. The van der Waals surface area contributed by atoms with Crippen LogP contribution in [0.25, 0.3) is 0 Å². The van der Waals surface area contributed by atoms with Gasteiger partial charge in [0.25, 0.3) is 0 Å². The summed E-state index contributed by atoms with van der Waals surface area (Å²) < 4.78 is 1.38. The lowest BCUT2D eigenvalue weighted by atomic mass is 10.5. The van der Waals surface area contributed by atoms with Crippen molar-refractivity contribution in [2.24, 2.45) is 7.05 Å². The van der Waals surface area contributed by atoms with Gasteiger partial charge < -0.3 is 0 Å². The van der Waals surface area contributed by atoms with Gasteiger partial charge in [0, 0.05) is 18.1 Å². The highest BCUT2D eigenvalue weighted by atomic mass is 35.5. The fourth-order valence-corrected chi connectivity index (χ4v) is 2.17. The maximum atomic E-state index is 11.1. The van der Waals surface area contributed by atoms with E-state index in [0.717, 1.165) is 4.90 Å². The molecule has 8 heteroatoms. The van der Waals surface area contributed by atoms with Gasteiger partial charge in [0.1, 0.15) is 5.15 Å². The Morgan fingerprint density at radius 2 is 2.24 bits per heavy atom. The van der Waals surface area contributed by atoms with Crippen molar-refractivity contribution in [2.75, 3.05) is 0 Å². The molecule has 88 valence electrons. The van der Waals surface area contributed by atoms with E-state index >= 15 is 0 Å². The Bertz CT molecular complexity index is 667. The molecule has 2 rings (SSSR count).